The van der Waals surface area contributed by atoms with Crippen molar-refractivity contribution in [3.63, 3.8) is 0 Å². The molecule has 2 rings (SSSR count). The Bertz CT molecular complexity index is 418. The third-order valence-corrected chi connectivity index (χ3v) is 4.43. The van der Waals surface area contributed by atoms with Crippen molar-refractivity contribution >= 4 is 5.91 Å². The molecule has 1 aliphatic carbocycles. The van der Waals surface area contributed by atoms with Gasteiger partial charge >= 0.3 is 0 Å². The number of hydrogen-bond acceptors (Lipinski definition) is 1. The van der Waals surface area contributed by atoms with E-state index >= 15 is 0 Å². The number of benzene rings is 1. The van der Waals surface area contributed by atoms with E-state index in [9.17, 15) is 4.79 Å². The zero-order valence-electron chi connectivity index (χ0n) is 12.9. The van der Waals surface area contributed by atoms with Crippen molar-refractivity contribution in [3.05, 3.63) is 35.4 Å². The molecule has 110 valence electrons. The Hall–Kier alpha value is -1.31. The van der Waals surface area contributed by atoms with Gasteiger partial charge in [-0.3, -0.25) is 4.79 Å². The third kappa shape index (κ3) is 3.84. The number of carbonyl (C=O) groups is 1. The minimum Gasteiger partial charge on any atom is -0.342 e. The summed E-state index contributed by atoms with van der Waals surface area (Å²) in [6, 6.07) is 8.34. The number of hydrogen-bond donors (Lipinski definition) is 0. The van der Waals surface area contributed by atoms with Crippen molar-refractivity contribution < 1.29 is 4.79 Å². The van der Waals surface area contributed by atoms with E-state index in [2.05, 4.69) is 19.1 Å². The number of nitrogens with zero attached hydrogens (tertiary/aromatic N) is 1. The molecule has 0 bridgehead atoms. The number of carbonyl (C=O) groups excluding carboxylic acids is 1. The Morgan fingerprint density at radius 1 is 1.15 bits per heavy atom. The summed E-state index contributed by atoms with van der Waals surface area (Å²) in [6.45, 7) is 3.00. The summed E-state index contributed by atoms with van der Waals surface area (Å²) < 4.78 is 0. The molecule has 1 amide bonds. The summed E-state index contributed by atoms with van der Waals surface area (Å²) in [7, 11) is 1.90. The molecule has 0 saturated heterocycles. The predicted molar refractivity (Wildman–Crippen MR) is 84.1 cm³/mol. The summed E-state index contributed by atoms with van der Waals surface area (Å²) in [4.78, 5) is 14.1. The van der Waals surface area contributed by atoms with Crippen molar-refractivity contribution in [1.82, 2.24) is 4.90 Å². The van der Waals surface area contributed by atoms with E-state index in [1.165, 1.54) is 37.7 Å². The molecule has 1 saturated carbocycles. The van der Waals surface area contributed by atoms with Gasteiger partial charge in [0.1, 0.15) is 0 Å². The van der Waals surface area contributed by atoms with Gasteiger partial charge in [0.25, 0.3) is 5.91 Å². The van der Waals surface area contributed by atoms with Crippen LogP contribution < -0.4 is 0 Å². The fourth-order valence-electron chi connectivity index (χ4n) is 3.05. The molecule has 1 aliphatic rings. The Morgan fingerprint density at radius 2 is 1.80 bits per heavy atom. The van der Waals surface area contributed by atoms with Crippen LogP contribution in [0.15, 0.2) is 24.3 Å². The van der Waals surface area contributed by atoms with Crippen LogP contribution in [0.3, 0.4) is 0 Å². The van der Waals surface area contributed by atoms with Gasteiger partial charge in [-0.1, -0.05) is 44.7 Å². The molecule has 0 unspecified atom stereocenters. The maximum absolute atomic E-state index is 12.3. The van der Waals surface area contributed by atoms with Crippen LogP contribution in [0.25, 0.3) is 0 Å². The molecular formula is C18H27NO. The van der Waals surface area contributed by atoms with Crippen molar-refractivity contribution in [3.8, 4) is 0 Å². The summed E-state index contributed by atoms with van der Waals surface area (Å²) in [6.07, 6.45) is 8.90. The maximum Gasteiger partial charge on any atom is 0.253 e. The first-order chi connectivity index (χ1) is 9.72. The topological polar surface area (TPSA) is 20.3 Å². The summed E-state index contributed by atoms with van der Waals surface area (Å²) in [5, 5.41) is 0. The lowest BCUT2D eigenvalue weighted by atomic mass is 9.84. The van der Waals surface area contributed by atoms with Crippen LogP contribution in [0.1, 0.15) is 73.7 Å². The Morgan fingerprint density at radius 3 is 2.40 bits per heavy atom. The molecule has 0 N–H and O–H groups in total. The van der Waals surface area contributed by atoms with Gasteiger partial charge in [-0.25, -0.2) is 0 Å². The molecule has 0 aromatic heterocycles. The highest BCUT2D eigenvalue weighted by Gasteiger charge is 2.16. The molecule has 2 nitrogen and oxygen atoms in total. The quantitative estimate of drug-likeness (QED) is 0.767. The molecule has 20 heavy (non-hydrogen) atoms. The van der Waals surface area contributed by atoms with Gasteiger partial charge < -0.3 is 4.90 Å². The minimum atomic E-state index is 0.147. The molecular weight excluding hydrogens is 246 g/mol. The second kappa shape index (κ2) is 7.47. The molecule has 0 spiro atoms. The molecule has 0 heterocycles. The van der Waals surface area contributed by atoms with E-state index in [4.69, 9.17) is 0 Å². The number of rotatable bonds is 5. The Kier molecular flexibility index (Phi) is 5.63. The van der Waals surface area contributed by atoms with Crippen LogP contribution in [-0.4, -0.2) is 24.4 Å². The van der Waals surface area contributed by atoms with E-state index < -0.39 is 0 Å². The zero-order valence-corrected chi connectivity index (χ0v) is 12.9. The van der Waals surface area contributed by atoms with Crippen LogP contribution in [-0.2, 0) is 0 Å². The predicted octanol–water partition coefficient (Wildman–Crippen LogP) is 4.61. The van der Waals surface area contributed by atoms with Gasteiger partial charge in [0.05, 0.1) is 0 Å². The van der Waals surface area contributed by atoms with Crippen molar-refractivity contribution in [2.45, 2.75) is 57.8 Å². The lowest BCUT2D eigenvalue weighted by Crippen LogP contribution is -2.27. The van der Waals surface area contributed by atoms with Crippen LogP contribution in [0.5, 0.6) is 0 Å². The van der Waals surface area contributed by atoms with Crippen LogP contribution in [0.2, 0.25) is 0 Å². The first-order valence-corrected chi connectivity index (χ1v) is 8.07. The van der Waals surface area contributed by atoms with Gasteiger partial charge in [0, 0.05) is 19.2 Å². The Labute approximate surface area is 123 Å². The molecule has 0 radical (unpaired) electrons. The van der Waals surface area contributed by atoms with E-state index in [-0.39, 0.29) is 5.91 Å². The van der Waals surface area contributed by atoms with Gasteiger partial charge in [-0.15, -0.1) is 0 Å². The molecule has 1 aromatic rings. The van der Waals surface area contributed by atoms with Crippen LogP contribution in [0.4, 0.5) is 0 Å². The lowest BCUT2D eigenvalue weighted by Gasteiger charge is -2.22. The highest BCUT2D eigenvalue weighted by atomic mass is 16.2. The second-order valence-corrected chi connectivity index (χ2v) is 6.04. The van der Waals surface area contributed by atoms with Gasteiger partial charge in [0.2, 0.25) is 0 Å². The first-order valence-electron chi connectivity index (χ1n) is 8.07. The molecule has 1 fully saturated rings. The summed E-state index contributed by atoms with van der Waals surface area (Å²) >= 11 is 0. The average Bonchev–Trinajstić information content (AvgIpc) is 2.53. The second-order valence-electron chi connectivity index (χ2n) is 6.04. The van der Waals surface area contributed by atoms with E-state index in [0.717, 1.165) is 24.9 Å². The SMILES string of the molecule is CCCCN(C)C(=O)c1ccc(C2CCCCC2)cc1. The average molecular weight is 273 g/mol. The van der Waals surface area contributed by atoms with Crippen LogP contribution in [0, 0.1) is 0 Å². The lowest BCUT2D eigenvalue weighted by molar-refractivity contribution is 0.0793. The fourth-order valence-corrected chi connectivity index (χ4v) is 3.05. The third-order valence-electron chi connectivity index (χ3n) is 4.43. The van der Waals surface area contributed by atoms with E-state index in [0.29, 0.717) is 5.92 Å². The van der Waals surface area contributed by atoms with Crippen molar-refractivity contribution in [2.75, 3.05) is 13.6 Å². The molecule has 1 aromatic carbocycles. The van der Waals surface area contributed by atoms with E-state index in [1.807, 2.05) is 24.1 Å². The molecule has 0 aliphatic heterocycles. The summed E-state index contributed by atoms with van der Waals surface area (Å²) in [5.74, 6) is 0.861. The summed E-state index contributed by atoms with van der Waals surface area (Å²) in [5.41, 5.74) is 2.24. The van der Waals surface area contributed by atoms with Gasteiger partial charge in [-0.2, -0.15) is 0 Å². The Balaban J connectivity index is 1.98. The minimum absolute atomic E-state index is 0.147. The smallest absolute Gasteiger partial charge is 0.253 e. The van der Waals surface area contributed by atoms with Gasteiger partial charge in [0.15, 0.2) is 0 Å². The van der Waals surface area contributed by atoms with Crippen molar-refractivity contribution in [2.24, 2.45) is 0 Å². The van der Waals surface area contributed by atoms with Crippen molar-refractivity contribution in [1.29, 1.82) is 0 Å². The number of amides is 1. The standard InChI is InChI=1S/C18H27NO/c1-3-4-14-19(2)18(20)17-12-10-16(11-13-17)15-8-6-5-7-9-15/h10-13,15H,3-9,14H2,1-2H3. The molecule has 2 heteroatoms. The van der Waals surface area contributed by atoms with E-state index in [1.54, 1.807) is 0 Å². The largest absolute Gasteiger partial charge is 0.342 e. The van der Waals surface area contributed by atoms with Gasteiger partial charge in [-0.05, 0) is 42.9 Å². The highest BCUT2D eigenvalue weighted by Crippen LogP contribution is 2.32. The number of unbranched alkanes of at least 4 members (excludes halogenated alkanes) is 1. The molecule has 0 atom stereocenters. The normalized spacial score (nSPS) is 16.1. The monoisotopic (exact) mass is 273 g/mol. The fraction of sp³-hybridized carbons (Fsp3) is 0.611. The maximum atomic E-state index is 12.3. The highest BCUT2D eigenvalue weighted by molar-refractivity contribution is 5.94. The zero-order chi connectivity index (χ0) is 14.4. The van der Waals surface area contributed by atoms with Crippen LogP contribution >= 0.6 is 0 Å². The first kappa shape index (κ1) is 15.1.